The highest BCUT2D eigenvalue weighted by atomic mass is 79.9. The number of rotatable bonds is 3. The molecule has 2 heterocycles. The SMILES string of the molecule is CC1CN(Cc2ncc(-c3cccc(Br)c3)[nH]2)CC1N.Cl. The van der Waals surface area contributed by atoms with Crippen LogP contribution < -0.4 is 5.73 Å². The summed E-state index contributed by atoms with van der Waals surface area (Å²) >= 11 is 3.49. The van der Waals surface area contributed by atoms with Crippen molar-refractivity contribution >= 4 is 28.3 Å². The first kappa shape index (κ1) is 16.5. The molecule has 2 aromatic rings. The zero-order valence-corrected chi connectivity index (χ0v) is 14.3. The number of H-pyrrole nitrogens is 1. The molecule has 0 spiro atoms. The Hall–Kier alpha value is -0.880. The lowest BCUT2D eigenvalue weighted by Gasteiger charge is -2.12. The van der Waals surface area contributed by atoms with Gasteiger partial charge in [0.2, 0.25) is 0 Å². The number of aromatic amines is 1. The van der Waals surface area contributed by atoms with E-state index in [2.05, 4.69) is 49.9 Å². The molecule has 1 fully saturated rings. The van der Waals surface area contributed by atoms with E-state index in [0.29, 0.717) is 5.92 Å². The first-order chi connectivity index (χ1) is 9.61. The average molecular weight is 372 g/mol. The fraction of sp³-hybridized carbons (Fsp3) is 0.400. The third-order valence-electron chi connectivity index (χ3n) is 3.88. The van der Waals surface area contributed by atoms with E-state index in [0.717, 1.165) is 41.2 Å². The van der Waals surface area contributed by atoms with Crippen LogP contribution >= 0.6 is 28.3 Å². The molecular weight excluding hydrogens is 352 g/mol. The maximum absolute atomic E-state index is 6.06. The number of aromatic nitrogens is 2. The van der Waals surface area contributed by atoms with Gasteiger partial charge in [-0.3, -0.25) is 4.90 Å². The van der Waals surface area contributed by atoms with Gasteiger partial charge in [-0.15, -0.1) is 12.4 Å². The van der Waals surface area contributed by atoms with Crippen LogP contribution in [0.25, 0.3) is 11.3 Å². The van der Waals surface area contributed by atoms with Gasteiger partial charge in [0.1, 0.15) is 5.82 Å². The normalized spacial score (nSPS) is 22.2. The highest BCUT2D eigenvalue weighted by molar-refractivity contribution is 9.10. The van der Waals surface area contributed by atoms with Gasteiger partial charge in [-0.1, -0.05) is 35.0 Å². The summed E-state index contributed by atoms with van der Waals surface area (Å²) in [7, 11) is 0. The molecule has 1 saturated heterocycles. The van der Waals surface area contributed by atoms with Gasteiger partial charge in [-0.2, -0.15) is 0 Å². The van der Waals surface area contributed by atoms with E-state index in [9.17, 15) is 0 Å². The van der Waals surface area contributed by atoms with Crippen molar-refractivity contribution in [2.45, 2.75) is 19.5 Å². The number of hydrogen-bond acceptors (Lipinski definition) is 3. The van der Waals surface area contributed by atoms with Crippen molar-refractivity contribution in [3.63, 3.8) is 0 Å². The van der Waals surface area contributed by atoms with Crippen molar-refractivity contribution in [2.24, 2.45) is 11.7 Å². The van der Waals surface area contributed by atoms with Crippen LogP contribution in [-0.2, 0) is 6.54 Å². The number of likely N-dealkylation sites (tertiary alicyclic amines) is 1. The Morgan fingerprint density at radius 3 is 2.90 bits per heavy atom. The van der Waals surface area contributed by atoms with E-state index < -0.39 is 0 Å². The van der Waals surface area contributed by atoms with Gasteiger partial charge in [0.25, 0.3) is 0 Å². The zero-order valence-electron chi connectivity index (χ0n) is 11.9. The van der Waals surface area contributed by atoms with Gasteiger partial charge < -0.3 is 10.7 Å². The lowest BCUT2D eigenvalue weighted by atomic mass is 10.1. The molecule has 21 heavy (non-hydrogen) atoms. The molecule has 2 atom stereocenters. The summed E-state index contributed by atoms with van der Waals surface area (Å²) in [5.74, 6) is 1.57. The fourth-order valence-electron chi connectivity index (χ4n) is 2.68. The van der Waals surface area contributed by atoms with Crippen LogP contribution in [0.1, 0.15) is 12.7 Å². The second-order valence-corrected chi connectivity index (χ2v) is 6.50. The third kappa shape index (κ3) is 3.86. The number of halogens is 2. The van der Waals surface area contributed by atoms with E-state index in [4.69, 9.17) is 5.73 Å². The van der Waals surface area contributed by atoms with Gasteiger partial charge in [-0.05, 0) is 18.1 Å². The van der Waals surface area contributed by atoms with Crippen LogP contribution in [0.3, 0.4) is 0 Å². The summed E-state index contributed by atoms with van der Waals surface area (Å²) in [4.78, 5) is 10.2. The summed E-state index contributed by atoms with van der Waals surface area (Å²) in [6, 6.07) is 8.50. The Balaban J connectivity index is 0.00000161. The minimum Gasteiger partial charge on any atom is -0.341 e. The van der Waals surface area contributed by atoms with Crippen molar-refractivity contribution in [1.82, 2.24) is 14.9 Å². The molecule has 0 aliphatic carbocycles. The number of nitrogens with zero attached hydrogens (tertiary/aromatic N) is 2. The van der Waals surface area contributed by atoms with E-state index in [1.807, 2.05) is 18.3 Å². The standard InChI is InChI=1S/C15H19BrN4.ClH/c1-10-7-20(8-13(10)17)9-15-18-6-14(19-15)11-3-2-4-12(16)5-11;/h2-6,10,13H,7-9,17H2,1H3,(H,18,19);1H. The number of nitrogens with one attached hydrogen (secondary N) is 1. The van der Waals surface area contributed by atoms with E-state index in [-0.39, 0.29) is 18.4 Å². The van der Waals surface area contributed by atoms with Gasteiger partial charge >= 0.3 is 0 Å². The molecule has 0 bridgehead atoms. The Labute approximate surface area is 139 Å². The molecule has 6 heteroatoms. The topological polar surface area (TPSA) is 57.9 Å². The van der Waals surface area contributed by atoms with Gasteiger partial charge in [-0.25, -0.2) is 4.98 Å². The van der Waals surface area contributed by atoms with Gasteiger partial charge in [0.15, 0.2) is 0 Å². The van der Waals surface area contributed by atoms with Crippen molar-refractivity contribution in [2.75, 3.05) is 13.1 Å². The third-order valence-corrected chi connectivity index (χ3v) is 4.38. The van der Waals surface area contributed by atoms with Crippen LogP contribution in [0.4, 0.5) is 0 Å². The molecule has 2 unspecified atom stereocenters. The monoisotopic (exact) mass is 370 g/mol. The lowest BCUT2D eigenvalue weighted by Crippen LogP contribution is -2.28. The summed E-state index contributed by atoms with van der Waals surface area (Å²) < 4.78 is 1.07. The van der Waals surface area contributed by atoms with Crippen LogP contribution in [0, 0.1) is 5.92 Å². The second-order valence-electron chi connectivity index (χ2n) is 5.59. The molecule has 1 aromatic carbocycles. The van der Waals surface area contributed by atoms with Crippen LogP contribution in [0.15, 0.2) is 34.9 Å². The van der Waals surface area contributed by atoms with E-state index >= 15 is 0 Å². The smallest absolute Gasteiger partial charge is 0.120 e. The van der Waals surface area contributed by atoms with E-state index in [1.54, 1.807) is 0 Å². The molecule has 3 rings (SSSR count). The minimum atomic E-state index is 0. The molecule has 0 radical (unpaired) electrons. The minimum absolute atomic E-state index is 0. The Kier molecular flexibility index (Phi) is 5.43. The predicted octanol–water partition coefficient (Wildman–Crippen LogP) is 3.04. The summed E-state index contributed by atoms with van der Waals surface area (Å²) in [6.45, 7) is 5.05. The highest BCUT2D eigenvalue weighted by Crippen LogP contribution is 2.22. The van der Waals surface area contributed by atoms with Crippen LogP contribution in [-0.4, -0.2) is 34.0 Å². The first-order valence-corrected chi connectivity index (χ1v) is 7.69. The molecule has 114 valence electrons. The summed E-state index contributed by atoms with van der Waals surface area (Å²) in [6.07, 6.45) is 1.90. The zero-order chi connectivity index (χ0) is 14.1. The predicted molar refractivity (Wildman–Crippen MR) is 91.4 cm³/mol. The van der Waals surface area contributed by atoms with Crippen molar-refractivity contribution < 1.29 is 0 Å². The maximum atomic E-state index is 6.06. The fourth-order valence-corrected chi connectivity index (χ4v) is 3.08. The first-order valence-electron chi connectivity index (χ1n) is 6.89. The maximum Gasteiger partial charge on any atom is 0.120 e. The van der Waals surface area contributed by atoms with Gasteiger partial charge in [0, 0.05) is 29.2 Å². The highest BCUT2D eigenvalue weighted by Gasteiger charge is 2.26. The van der Waals surface area contributed by atoms with Crippen molar-refractivity contribution in [3.8, 4) is 11.3 Å². The molecule has 0 saturated carbocycles. The molecule has 1 aliphatic heterocycles. The number of nitrogens with two attached hydrogens (primary N) is 1. The largest absolute Gasteiger partial charge is 0.341 e. The van der Waals surface area contributed by atoms with Crippen molar-refractivity contribution in [3.05, 3.63) is 40.8 Å². The van der Waals surface area contributed by atoms with Crippen LogP contribution in [0.5, 0.6) is 0 Å². The molecule has 4 nitrogen and oxygen atoms in total. The summed E-state index contributed by atoms with van der Waals surface area (Å²) in [5.41, 5.74) is 8.25. The van der Waals surface area contributed by atoms with E-state index in [1.165, 1.54) is 0 Å². The molecule has 1 aliphatic rings. The van der Waals surface area contributed by atoms with Gasteiger partial charge in [0.05, 0.1) is 18.4 Å². The quantitative estimate of drug-likeness (QED) is 0.872. The Bertz CT molecular complexity index is 591. The molecular formula is C15H20BrClN4. The number of benzene rings is 1. The second kappa shape index (κ2) is 6.92. The molecule has 3 N–H and O–H groups in total. The van der Waals surface area contributed by atoms with Crippen molar-refractivity contribution in [1.29, 1.82) is 0 Å². The molecule has 1 aromatic heterocycles. The Morgan fingerprint density at radius 1 is 1.43 bits per heavy atom. The summed E-state index contributed by atoms with van der Waals surface area (Å²) in [5, 5.41) is 0. The number of imidazole rings is 1. The number of hydrogen-bond donors (Lipinski definition) is 2. The Morgan fingerprint density at radius 2 is 2.24 bits per heavy atom. The molecule has 0 amide bonds. The lowest BCUT2D eigenvalue weighted by molar-refractivity contribution is 0.311. The van der Waals surface area contributed by atoms with Crippen LogP contribution in [0.2, 0.25) is 0 Å². The average Bonchev–Trinajstić information content (AvgIpc) is 2.98.